The molecule has 4 rings (SSSR count). The molecule has 13 heteroatoms. The molecule has 0 amide bonds. The number of hydrogen-bond donors (Lipinski definition) is 3. The van der Waals surface area contributed by atoms with Gasteiger partial charge < -0.3 is 10.1 Å². The van der Waals surface area contributed by atoms with Crippen LogP contribution < -0.4 is 14.8 Å². The lowest BCUT2D eigenvalue weighted by molar-refractivity contribution is 0.202. The molecule has 0 saturated heterocycles. The third-order valence-corrected chi connectivity index (χ3v) is 6.03. The van der Waals surface area contributed by atoms with E-state index in [2.05, 4.69) is 25.5 Å². The number of benzene rings is 2. The van der Waals surface area contributed by atoms with Crippen LogP contribution in [0.4, 0.5) is 30.5 Å². The number of nitrogens with zero attached hydrogens (tertiary/aromatic N) is 3. The SMILES string of the molecule is CCC(Oc1cc(-c2cc(Nc3cnccn3)n[nH]2)ccc1NS(=O)(=O)C(F)F)c1ccc(F)cc1. The second-order valence-corrected chi connectivity index (χ2v) is 9.22. The van der Waals surface area contributed by atoms with Crippen LogP contribution >= 0.6 is 0 Å². The van der Waals surface area contributed by atoms with Crippen molar-refractivity contribution in [1.29, 1.82) is 0 Å². The number of H-pyrrole nitrogens is 1. The zero-order valence-corrected chi connectivity index (χ0v) is 19.6. The monoisotopic (exact) mass is 518 g/mol. The number of hydrogen-bond acceptors (Lipinski definition) is 7. The Morgan fingerprint density at radius 2 is 1.83 bits per heavy atom. The van der Waals surface area contributed by atoms with Gasteiger partial charge in [0.25, 0.3) is 10.0 Å². The number of aromatic nitrogens is 4. The minimum atomic E-state index is -4.95. The highest BCUT2D eigenvalue weighted by atomic mass is 32.2. The van der Waals surface area contributed by atoms with E-state index in [1.807, 2.05) is 11.6 Å². The van der Waals surface area contributed by atoms with Crippen molar-refractivity contribution in [3.63, 3.8) is 0 Å². The van der Waals surface area contributed by atoms with Crippen molar-refractivity contribution in [2.75, 3.05) is 10.0 Å². The Hall–Kier alpha value is -4.13. The molecule has 4 aromatic rings. The van der Waals surface area contributed by atoms with Crippen LogP contribution in [-0.4, -0.2) is 34.3 Å². The van der Waals surface area contributed by atoms with Gasteiger partial charge in [0.05, 0.1) is 17.6 Å². The summed E-state index contributed by atoms with van der Waals surface area (Å²) in [5.41, 5.74) is 1.53. The summed E-state index contributed by atoms with van der Waals surface area (Å²) in [5.74, 6) is -3.14. The number of halogens is 3. The van der Waals surface area contributed by atoms with Gasteiger partial charge in [0.1, 0.15) is 23.5 Å². The van der Waals surface area contributed by atoms with E-state index >= 15 is 0 Å². The molecular formula is C23H21F3N6O3S. The van der Waals surface area contributed by atoms with Crippen molar-refractivity contribution < 1.29 is 26.3 Å². The lowest BCUT2D eigenvalue weighted by Crippen LogP contribution is -2.21. The fourth-order valence-electron chi connectivity index (χ4n) is 3.32. The minimum Gasteiger partial charge on any atom is -0.484 e. The number of aromatic amines is 1. The molecule has 0 bridgehead atoms. The molecule has 2 heterocycles. The Balaban J connectivity index is 1.67. The summed E-state index contributed by atoms with van der Waals surface area (Å²) < 4.78 is 71.1. The molecule has 0 radical (unpaired) electrons. The van der Waals surface area contributed by atoms with Crippen molar-refractivity contribution in [2.45, 2.75) is 25.2 Å². The van der Waals surface area contributed by atoms with Crippen molar-refractivity contribution >= 4 is 27.3 Å². The Morgan fingerprint density at radius 3 is 2.50 bits per heavy atom. The van der Waals surface area contributed by atoms with Gasteiger partial charge in [-0.3, -0.25) is 14.8 Å². The van der Waals surface area contributed by atoms with E-state index in [1.165, 1.54) is 61.1 Å². The van der Waals surface area contributed by atoms with Crippen LogP contribution in [0, 0.1) is 5.82 Å². The molecule has 36 heavy (non-hydrogen) atoms. The highest BCUT2D eigenvalue weighted by molar-refractivity contribution is 7.93. The molecule has 1 atom stereocenters. The quantitative estimate of drug-likeness (QED) is 0.262. The molecule has 1 unspecified atom stereocenters. The van der Waals surface area contributed by atoms with E-state index in [9.17, 15) is 21.6 Å². The van der Waals surface area contributed by atoms with Crippen molar-refractivity contribution in [3.05, 3.63) is 78.5 Å². The number of rotatable bonds is 10. The van der Waals surface area contributed by atoms with E-state index in [1.54, 1.807) is 6.07 Å². The maximum Gasteiger partial charge on any atom is 0.355 e. The summed E-state index contributed by atoms with van der Waals surface area (Å²) in [6.45, 7) is 1.82. The Morgan fingerprint density at radius 1 is 1.06 bits per heavy atom. The average Bonchev–Trinajstić information content (AvgIpc) is 3.33. The molecule has 3 N–H and O–H groups in total. The van der Waals surface area contributed by atoms with Crippen LogP contribution in [0.2, 0.25) is 0 Å². The van der Waals surface area contributed by atoms with Crippen LogP contribution in [0.5, 0.6) is 5.75 Å². The van der Waals surface area contributed by atoms with Crippen LogP contribution in [0.3, 0.4) is 0 Å². The maximum absolute atomic E-state index is 13.4. The van der Waals surface area contributed by atoms with Crippen molar-refractivity contribution in [2.24, 2.45) is 0 Å². The number of ether oxygens (including phenoxy) is 1. The van der Waals surface area contributed by atoms with Gasteiger partial charge in [-0.15, -0.1) is 0 Å². The zero-order chi connectivity index (χ0) is 25.7. The minimum absolute atomic E-state index is 0.00550. The van der Waals surface area contributed by atoms with Gasteiger partial charge in [0.2, 0.25) is 0 Å². The number of nitrogens with one attached hydrogen (secondary N) is 3. The van der Waals surface area contributed by atoms with Crippen LogP contribution in [0.25, 0.3) is 11.3 Å². The fraction of sp³-hybridized carbons (Fsp3) is 0.174. The van der Waals surface area contributed by atoms with Crippen LogP contribution in [0.15, 0.2) is 67.1 Å². The molecule has 9 nitrogen and oxygen atoms in total. The van der Waals surface area contributed by atoms with E-state index in [-0.39, 0.29) is 11.4 Å². The van der Waals surface area contributed by atoms with Gasteiger partial charge in [0.15, 0.2) is 5.82 Å². The first-order valence-electron chi connectivity index (χ1n) is 10.7. The standard InChI is InChI=1S/C23H21F3N6O3S/c1-2-19(14-3-6-16(24)7-4-14)35-20-11-15(5-8-17(20)32-36(33,34)23(25)26)18-12-21(31-30-18)29-22-13-27-9-10-28-22/h3-13,19,23,32H,2H2,1H3,(H2,28,29,30,31). The normalized spacial score (nSPS) is 12.4. The molecular weight excluding hydrogens is 497 g/mol. The predicted octanol–water partition coefficient (Wildman–Crippen LogP) is 5.24. The molecule has 2 aromatic carbocycles. The smallest absolute Gasteiger partial charge is 0.355 e. The first-order chi connectivity index (χ1) is 17.2. The summed E-state index contributed by atoms with van der Waals surface area (Å²) in [6.07, 6.45) is 4.40. The molecule has 0 aliphatic heterocycles. The summed E-state index contributed by atoms with van der Waals surface area (Å²) in [6, 6.07) is 11.6. The largest absolute Gasteiger partial charge is 0.484 e. The van der Waals surface area contributed by atoms with Gasteiger partial charge >= 0.3 is 5.76 Å². The van der Waals surface area contributed by atoms with Crippen molar-refractivity contribution in [1.82, 2.24) is 20.2 Å². The lowest BCUT2D eigenvalue weighted by Gasteiger charge is -2.21. The third-order valence-electron chi connectivity index (χ3n) is 5.06. The van der Waals surface area contributed by atoms with Gasteiger partial charge in [-0.1, -0.05) is 25.1 Å². The first-order valence-corrected chi connectivity index (χ1v) is 12.2. The Labute approximate surface area is 204 Å². The van der Waals surface area contributed by atoms with Crippen LogP contribution in [-0.2, 0) is 10.0 Å². The highest BCUT2D eigenvalue weighted by Crippen LogP contribution is 2.36. The molecule has 0 spiro atoms. The molecule has 0 fully saturated rings. The van der Waals surface area contributed by atoms with Gasteiger partial charge in [-0.2, -0.15) is 13.9 Å². The Bertz CT molecular complexity index is 1420. The average molecular weight is 519 g/mol. The van der Waals surface area contributed by atoms with E-state index in [0.29, 0.717) is 34.9 Å². The van der Waals surface area contributed by atoms with E-state index in [0.717, 1.165) is 0 Å². The maximum atomic E-state index is 13.4. The molecule has 0 aliphatic carbocycles. The molecule has 188 valence electrons. The highest BCUT2D eigenvalue weighted by Gasteiger charge is 2.26. The third kappa shape index (κ3) is 5.92. The summed E-state index contributed by atoms with van der Waals surface area (Å²) in [5, 5.41) is 9.99. The zero-order valence-electron chi connectivity index (χ0n) is 18.8. The van der Waals surface area contributed by atoms with Gasteiger partial charge in [-0.25, -0.2) is 17.8 Å². The number of anilines is 3. The van der Waals surface area contributed by atoms with Crippen LogP contribution in [0.1, 0.15) is 25.0 Å². The number of sulfonamides is 1. The molecule has 0 saturated carbocycles. The fourth-order valence-corrected chi connectivity index (χ4v) is 3.88. The van der Waals surface area contributed by atoms with E-state index in [4.69, 9.17) is 4.74 Å². The second kappa shape index (κ2) is 10.6. The summed E-state index contributed by atoms with van der Waals surface area (Å²) in [4.78, 5) is 8.07. The molecule has 2 aromatic heterocycles. The lowest BCUT2D eigenvalue weighted by atomic mass is 10.1. The second-order valence-electron chi connectivity index (χ2n) is 7.57. The predicted molar refractivity (Wildman–Crippen MR) is 128 cm³/mol. The van der Waals surface area contributed by atoms with E-state index < -0.39 is 27.7 Å². The van der Waals surface area contributed by atoms with Gasteiger partial charge in [-0.05, 0) is 36.2 Å². The topological polar surface area (TPSA) is 122 Å². The first kappa shape index (κ1) is 25.0. The summed E-state index contributed by atoms with van der Waals surface area (Å²) >= 11 is 0. The number of alkyl halides is 2. The Kier molecular flexibility index (Phi) is 7.38. The summed E-state index contributed by atoms with van der Waals surface area (Å²) in [7, 11) is -4.95. The van der Waals surface area contributed by atoms with Crippen molar-refractivity contribution in [3.8, 4) is 17.0 Å². The van der Waals surface area contributed by atoms with Gasteiger partial charge in [0, 0.05) is 24.0 Å². The molecule has 0 aliphatic rings.